The molecule has 0 aliphatic rings. The van der Waals surface area contributed by atoms with E-state index in [0.29, 0.717) is 33.8 Å². The van der Waals surface area contributed by atoms with Crippen LogP contribution in [-0.2, 0) is 11.8 Å². The monoisotopic (exact) mass is 465 g/mol. The van der Waals surface area contributed by atoms with E-state index in [1.165, 1.54) is 5.06 Å². The number of nitrogens with zero attached hydrogens (tertiary/aromatic N) is 3. The van der Waals surface area contributed by atoms with E-state index in [1.807, 2.05) is 46.8 Å². The molecule has 0 bridgehead atoms. The Kier molecular flexibility index (Phi) is 7.05. The molecular weight excluding hydrogens is 430 g/mol. The van der Waals surface area contributed by atoms with Crippen molar-refractivity contribution in [2.45, 2.75) is 66.5 Å². The highest BCUT2D eigenvalue weighted by atomic mass is 16.7. The van der Waals surface area contributed by atoms with Crippen molar-refractivity contribution >= 4 is 33.8 Å². The first kappa shape index (κ1) is 25.3. The summed E-state index contributed by atoms with van der Waals surface area (Å²) in [5.74, 6) is 0.771. The van der Waals surface area contributed by atoms with Crippen LogP contribution in [0.2, 0.25) is 0 Å². The van der Waals surface area contributed by atoms with Crippen LogP contribution in [0.15, 0.2) is 35.8 Å². The summed E-state index contributed by atoms with van der Waals surface area (Å²) in [4.78, 5) is 36.7. The van der Waals surface area contributed by atoms with Gasteiger partial charge < -0.3 is 14.1 Å². The molecule has 34 heavy (non-hydrogen) atoms. The highest BCUT2D eigenvalue weighted by molar-refractivity contribution is 6.07. The molecule has 1 aromatic carbocycles. The summed E-state index contributed by atoms with van der Waals surface area (Å²) in [5.41, 5.74) is 1.26. The van der Waals surface area contributed by atoms with Crippen LogP contribution in [0.4, 0.5) is 4.79 Å². The second-order valence-corrected chi connectivity index (χ2v) is 10.2. The summed E-state index contributed by atoms with van der Waals surface area (Å²) in [6, 6.07) is 5.32. The number of carbonyl (C=O) groups excluding carboxylic acids is 1. The van der Waals surface area contributed by atoms with E-state index < -0.39 is 11.7 Å². The number of hydrogen-bond donors (Lipinski definition) is 0. The Morgan fingerprint density at radius 2 is 1.91 bits per heavy atom. The minimum atomic E-state index is -0.671. The van der Waals surface area contributed by atoms with Gasteiger partial charge in [0.25, 0.3) is 5.56 Å². The van der Waals surface area contributed by atoms with Crippen LogP contribution >= 0.6 is 0 Å². The van der Waals surface area contributed by atoms with Gasteiger partial charge in [0.2, 0.25) is 0 Å². The molecule has 0 aliphatic heterocycles. The first-order valence-corrected chi connectivity index (χ1v) is 11.6. The number of carbonyl (C=O) groups is 1. The fraction of sp³-hybridized carbons (Fsp3) is 0.444. The molecule has 0 N–H and O–H groups in total. The Balaban J connectivity index is 2.19. The van der Waals surface area contributed by atoms with Crippen LogP contribution in [0.3, 0.4) is 0 Å². The fourth-order valence-electron chi connectivity index (χ4n) is 4.15. The van der Waals surface area contributed by atoms with Crippen molar-refractivity contribution < 1.29 is 14.4 Å². The lowest BCUT2D eigenvalue weighted by Crippen LogP contribution is -2.45. The molecule has 2 heterocycles. The minimum Gasteiger partial charge on any atom is -0.442 e. The molecule has 0 saturated carbocycles. The van der Waals surface area contributed by atoms with Crippen molar-refractivity contribution in [3.05, 3.63) is 52.6 Å². The van der Waals surface area contributed by atoms with Crippen LogP contribution in [0.5, 0.6) is 5.75 Å². The molecule has 0 aliphatic carbocycles. The number of rotatable bonds is 6. The van der Waals surface area contributed by atoms with E-state index in [0.717, 1.165) is 17.2 Å². The predicted molar refractivity (Wildman–Crippen MR) is 137 cm³/mol. The number of hydrogen-bond acceptors (Lipinski definition) is 5. The highest BCUT2D eigenvalue weighted by Gasteiger charge is 2.29. The summed E-state index contributed by atoms with van der Waals surface area (Å²) in [5, 5.41) is 3.57. The Labute approximate surface area is 200 Å². The van der Waals surface area contributed by atoms with Crippen molar-refractivity contribution in [1.29, 1.82) is 0 Å². The van der Waals surface area contributed by atoms with E-state index in [2.05, 4.69) is 25.4 Å². The topological polar surface area (TPSA) is 73.7 Å². The van der Waals surface area contributed by atoms with Crippen molar-refractivity contribution in [1.82, 2.24) is 14.6 Å². The van der Waals surface area contributed by atoms with Gasteiger partial charge in [0, 0.05) is 30.3 Å². The zero-order valence-electron chi connectivity index (χ0n) is 21.4. The van der Waals surface area contributed by atoms with Gasteiger partial charge in [-0.3, -0.25) is 9.78 Å². The molecule has 1 atom stereocenters. The number of aryl methyl sites for hydroxylation is 2. The third kappa shape index (κ3) is 5.08. The number of ether oxygens (including phenoxy) is 1. The van der Waals surface area contributed by atoms with Gasteiger partial charge in [0.15, 0.2) is 5.75 Å². The molecule has 182 valence electrons. The van der Waals surface area contributed by atoms with Gasteiger partial charge in [-0.2, -0.15) is 0 Å². The zero-order chi connectivity index (χ0) is 25.4. The average molecular weight is 466 g/mol. The third-order valence-corrected chi connectivity index (χ3v) is 5.64. The Bertz CT molecular complexity index is 1300. The Morgan fingerprint density at radius 3 is 2.50 bits per heavy atom. The molecule has 0 fully saturated rings. The van der Waals surface area contributed by atoms with Gasteiger partial charge >= 0.3 is 6.09 Å². The smallest absolute Gasteiger partial charge is 0.442 e. The van der Waals surface area contributed by atoms with Gasteiger partial charge in [-0.1, -0.05) is 26.5 Å². The third-order valence-electron chi connectivity index (χ3n) is 5.64. The second kappa shape index (κ2) is 9.49. The van der Waals surface area contributed by atoms with Gasteiger partial charge in [-0.15, -0.1) is 5.06 Å². The summed E-state index contributed by atoms with van der Waals surface area (Å²) in [7, 11) is 1.72. The van der Waals surface area contributed by atoms with Gasteiger partial charge in [0.05, 0.1) is 22.6 Å². The quantitative estimate of drug-likeness (QED) is 0.330. The number of benzene rings is 1. The molecular formula is C27H35N3O4. The van der Waals surface area contributed by atoms with Crippen molar-refractivity contribution in [3.8, 4) is 5.75 Å². The van der Waals surface area contributed by atoms with Crippen LogP contribution < -0.4 is 10.4 Å². The van der Waals surface area contributed by atoms with Crippen LogP contribution in [0.1, 0.15) is 59.2 Å². The maximum absolute atomic E-state index is 13.1. The molecule has 0 radical (unpaired) electrons. The first-order chi connectivity index (χ1) is 15.8. The van der Waals surface area contributed by atoms with E-state index in [4.69, 9.17) is 9.57 Å². The lowest BCUT2D eigenvalue weighted by Gasteiger charge is -2.32. The Hall–Kier alpha value is -3.35. The molecule has 7 heteroatoms. The first-order valence-electron chi connectivity index (χ1n) is 11.6. The standard InChI is InChI=1S/C27H35N3O4/c1-10-19-14-21-20-11-12-28-18(5)24(20)25(31)29(9)22(21)15-23(19)34-30(17(4)13-16(2)3)26(32)33-27(6,7)8/h10-12,14-17H,1,13H2,2-9H3. The Morgan fingerprint density at radius 1 is 1.24 bits per heavy atom. The summed E-state index contributed by atoms with van der Waals surface area (Å²) < 4.78 is 7.21. The molecule has 3 aromatic rings. The van der Waals surface area contributed by atoms with Crippen molar-refractivity contribution in [2.75, 3.05) is 0 Å². The molecule has 7 nitrogen and oxygen atoms in total. The molecule has 3 rings (SSSR count). The molecule has 0 spiro atoms. The average Bonchev–Trinajstić information content (AvgIpc) is 2.73. The van der Waals surface area contributed by atoms with E-state index in [9.17, 15) is 9.59 Å². The van der Waals surface area contributed by atoms with Crippen LogP contribution in [0.25, 0.3) is 27.8 Å². The van der Waals surface area contributed by atoms with Crippen LogP contribution in [0, 0.1) is 12.8 Å². The zero-order valence-corrected chi connectivity index (χ0v) is 21.4. The maximum Gasteiger partial charge on any atom is 0.443 e. The predicted octanol–water partition coefficient (Wildman–Crippen LogP) is 6.00. The summed E-state index contributed by atoms with van der Waals surface area (Å²) >= 11 is 0. The molecule has 1 amide bonds. The number of amides is 1. The summed E-state index contributed by atoms with van der Waals surface area (Å²) in [6.45, 7) is 17.3. The highest BCUT2D eigenvalue weighted by Crippen LogP contribution is 2.32. The van der Waals surface area contributed by atoms with Gasteiger partial charge in [0.1, 0.15) is 5.60 Å². The lowest BCUT2D eigenvalue weighted by atomic mass is 10.0. The second-order valence-electron chi connectivity index (χ2n) is 10.2. The fourth-order valence-corrected chi connectivity index (χ4v) is 4.15. The number of pyridine rings is 2. The molecule has 2 aromatic heterocycles. The van der Waals surface area contributed by atoms with Crippen LogP contribution in [-0.4, -0.2) is 32.4 Å². The lowest BCUT2D eigenvalue weighted by molar-refractivity contribution is -0.0967. The van der Waals surface area contributed by atoms with E-state index in [-0.39, 0.29) is 11.6 Å². The van der Waals surface area contributed by atoms with Gasteiger partial charge in [-0.05, 0) is 64.5 Å². The minimum absolute atomic E-state index is 0.137. The number of fused-ring (bicyclic) bond motifs is 3. The number of aromatic nitrogens is 2. The van der Waals surface area contributed by atoms with E-state index >= 15 is 0 Å². The van der Waals surface area contributed by atoms with E-state index in [1.54, 1.807) is 30.0 Å². The molecule has 1 unspecified atom stereocenters. The summed E-state index contributed by atoms with van der Waals surface area (Å²) in [6.07, 6.45) is 3.54. The number of hydroxylamine groups is 2. The van der Waals surface area contributed by atoms with Crippen molar-refractivity contribution in [3.63, 3.8) is 0 Å². The normalized spacial score (nSPS) is 12.7. The SMILES string of the molecule is C=Cc1cc2c3ccnc(C)c3c(=O)n(C)c2cc1ON(C(=O)OC(C)(C)C)C(C)CC(C)C. The maximum atomic E-state index is 13.1. The van der Waals surface area contributed by atoms with Gasteiger partial charge in [-0.25, -0.2) is 4.79 Å². The van der Waals surface area contributed by atoms with Crippen molar-refractivity contribution in [2.24, 2.45) is 13.0 Å². The molecule has 0 saturated heterocycles. The largest absolute Gasteiger partial charge is 0.443 e.